The number of hydrogen-bond acceptors (Lipinski definition) is 12. The molecule has 0 bridgehead atoms. The molecule has 1 fully saturated rings. The summed E-state index contributed by atoms with van der Waals surface area (Å²) in [6, 6.07) is 0. The lowest BCUT2D eigenvalue weighted by atomic mass is 9.71. The molecule has 12 nitrogen and oxygen atoms in total. The molecule has 2 rings (SSSR count). The highest BCUT2D eigenvalue weighted by Crippen LogP contribution is 2.42. The van der Waals surface area contributed by atoms with Gasteiger partial charge in [-0.1, -0.05) is 31.3 Å². The molecule has 7 atom stereocenters. The topological polar surface area (TPSA) is 150 Å². The molecular formula is C29H40O12. The van der Waals surface area contributed by atoms with Gasteiger partial charge in [0, 0.05) is 45.6 Å². The highest BCUT2D eigenvalue weighted by Gasteiger charge is 2.53. The number of esters is 5. The van der Waals surface area contributed by atoms with Gasteiger partial charge in [-0.2, -0.15) is 0 Å². The van der Waals surface area contributed by atoms with Crippen molar-refractivity contribution in [3.05, 3.63) is 11.1 Å². The minimum Gasteiger partial charge on any atom is -0.463 e. The molecule has 1 heterocycles. The van der Waals surface area contributed by atoms with Crippen LogP contribution in [0.3, 0.4) is 0 Å². The molecule has 0 N–H and O–H groups in total. The van der Waals surface area contributed by atoms with Crippen LogP contribution in [-0.4, -0.2) is 79.4 Å². The van der Waals surface area contributed by atoms with Gasteiger partial charge >= 0.3 is 29.8 Å². The maximum atomic E-state index is 12.1. The molecule has 0 aromatic rings. The second-order valence-corrected chi connectivity index (χ2v) is 10.8. The van der Waals surface area contributed by atoms with E-state index in [1.165, 1.54) is 20.8 Å². The van der Waals surface area contributed by atoms with Gasteiger partial charge in [-0.15, -0.1) is 0 Å². The first kappa shape index (κ1) is 33.8. The van der Waals surface area contributed by atoms with Crippen molar-refractivity contribution in [3.63, 3.8) is 0 Å². The van der Waals surface area contributed by atoms with Gasteiger partial charge in [0.25, 0.3) is 0 Å². The summed E-state index contributed by atoms with van der Waals surface area (Å²) in [6.45, 7) is 13.3. The molecule has 0 radical (unpaired) electrons. The standard InChI is InChI=1S/C29H40O12/c1-15-12-22(13-29(8,9)23(15)11-10-16(2)36-18(4)31)40-28-27(39-21(7)34)26(38-20(6)33)25(37-19(5)32)24(41-28)14-35-17(3)30/h16,22,24-28H,12-14H2,1-9H3/t16-,22-,24-,25-,26+,27-,28-/m1/s1. The lowest BCUT2D eigenvalue weighted by Crippen LogP contribution is -2.63. The lowest BCUT2D eigenvalue weighted by Gasteiger charge is -2.46. The van der Waals surface area contributed by atoms with Crippen LogP contribution in [0.15, 0.2) is 11.1 Å². The maximum Gasteiger partial charge on any atom is 0.303 e. The van der Waals surface area contributed by atoms with Crippen LogP contribution in [0.4, 0.5) is 0 Å². The first-order valence-electron chi connectivity index (χ1n) is 13.3. The smallest absolute Gasteiger partial charge is 0.303 e. The van der Waals surface area contributed by atoms with Crippen LogP contribution >= 0.6 is 0 Å². The molecule has 228 valence electrons. The highest BCUT2D eigenvalue weighted by molar-refractivity contribution is 5.69. The SMILES string of the molecule is CC(=O)OC[C@H]1O[C@@H](O[C@@H]2CC(C)=C(C#C[C@@H](C)OC(C)=O)C(C)(C)C2)[C@H](OC(C)=O)[C@@H](OC(C)=O)[C@@H]1OC(C)=O. The van der Waals surface area contributed by atoms with Gasteiger partial charge in [0.2, 0.25) is 0 Å². The van der Waals surface area contributed by atoms with Gasteiger partial charge in [0.15, 0.2) is 30.7 Å². The Kier molecular flexibility index (Phi) is 11.9. The average molecular weight is 581 g/mol. The molecule has 0 amide bonds. The second kappa shape index (κ2) is 14.5. The third-order valence-electron chi connectivity index (χ3n) is 6.39. The fourth-order valence-electron chi connectivity index (χ4n) is 5.08. The van der Waals surface area contributed by atoms with E-state index in [1.807, 2.05) is 20.8 Å². The van der Waals surface area contributed by atoms with Gasteiger partial charge in [-0.05, 0) is 26.7 Å². The number of rotatable bonds is 8. The Morgan fingerprint density at radius 3 is 1.95 bits per heavy atom. The Bertz CT molecular complexity index is 1110. The van der Waals surface area contributed by atoms with Crippen molar-refractivity contribution in [1.29, 1.82) is 0 Å². The Balaban J connectivity index is 2.42. The third kappa shape index (κ3) is 10.2. The summed E-state index contributed by atoms with van der Waals surface area (Å²) in [7, 11) is 0. The van der Waals surface area contributed by atoms with E-state index in [0.717, 1.165) is 25.0 Å². The molecule has 12 heteroatoms. The molecule has 1 aliphatic heterocycles. The summed E-state index contributed by atoms with van der Waals surface area (Å²) in [4.78, 5) is 58.9. The first-order valence-corrected chi connectivity index (χ1v) is 13.3. The minimum atomic E-state index is -1.31. The molecule has 0 saturated carbocycles. The van der Waals surface area contributed by atoms with Crippen LogP contribution in [0.2, 0.25) is 0 Å². The van der Waals surface area contributed by atoms with E-state index in [4.69, 9.17) is 33.2 Å². The monoisotopic (exact) mass is 580 g/mol. The van der Waals surface area contributed by atoms with Crippen LogP contribution in [-0.2, 0) is 57.1 Å². The number of hydrogen-bond donors (Lipinski definition) is 0. The molecule has 2 aliphatic rings. The maximum absolute atomic E-state index is 12.1. The zero-order chi connectivity index (χ0) is 31.1. The number of allylic oxidation sites excluding steroid dienone is 1. The van der Waals surface area contributed by atoms with Crippen molar-refractivity contribution >= 4 is 29.8 Å². The van der Waals surface area contributed by atoms with E-state index in [9.17, 15) is 24.0 Å². The Morgan fingerprint density at radius 1 is 0.878 bits per heavy atom. The van der Waals surface area contributed by atoms with Crippen LogP contribution in [0.1, 0.15) is 75.2 Å². The van der Waals surface area contributed by atoms with Gasteiger partial charge in [-0.3, -0.25) is 24.0 Å². The van der Waals surface area contributed by atoms with Gasteiger partial charge < -0.3 is 33.2 Å². The van der Waals surface area contributed by atoms with Crippen LogP contribution in [0, 0.1) is 17.3 Å². The number of ether oxygens (including phenoxy) is 7. The molecule has 41 heavy (non-hydrogen) atoms. The Morgan fingerprint density at radius 2 is 1.44 bits per heavy atom. The number of carbonyl (C=O) groups excluding carboxylic acids is 5. The summed E-state index contributed by atoms with van der Waals surface area (Å²) in [5.41, 5.74) is 1.38. The average Bonchev–Trinajstić information content (AvgIpc) is 2.79. The largest absolute Gasteiger partial charge is 0.463 e. The van der Waals surface area contributed by atoms with Crippen LogP contribution in [0.25, 0.3) is 0 Å². The summed E-state index contributed by atoms with van der Waals surface area (Å²) in [5.74, 6) is 2.95. The van der Waals surface area contributed by atoms with Crippen molar-refractivity contribution in [2.45, 2.75) is 118 Å². The molecule has 1 aliphatic carbocycles. The molecule has 0 aromatic heterocycles. The zero-order valence-corrected chi connectivity index (χ0v) is 25.1. The van der Waals surface area contributed by atoms with E-state index in [1.54, 1.807) is 6.92 Å². The molecule has 0 aromatic carbocycles. The highest BCUT2D eigenvalue weighted by atomic mass is 16.7. The second-order valence-electron chi connectivity index (χ2n) is 10.8. The van der Waals surface area contributed by atoms with Gasteiger partial charge in [0.05, 0.1) is 6.10 Å². The zero-order valence-electron chi connectivity index (χ0n) is 25.1. The third-order valence-corrected chi connectivity index (χ3v) is 6.39. The fourth-order valence-corrected chi connectivity index (χ4v) is 5.08. The summed E-state index contributed by atoms with van der Waals surface area (Å²) in [6.07, 6.45) is -6.31. The predicted molar refractivity (Wildman–Crippen MR) is 142 cm³/mol. The van der Waals surface area contributed by atoms with Crippen molar-refractivity contribution in [3.8, 4) is 11.8 Å². The first-order chi connectivity index (χ1) is 19.0. The van der Waals surface area contributed by atoms with E-state index in [-0.39, 0.29) is 6.61 Å². The van der Waals surface area contributed by atoms with Crippen molar-refractivity contribution in [2.75, 3.05) is 6.61 Å². The lowest BCUT2D eigenvalue weighted by molar-refractivity contribution is -0.318. The summed E-state index contributed by atoms with van der Waals surface area (Å²) >= 11 is 0. The molecule has 0 spiro atoms. The number of carbonyl (C=O) groups is 5. The van der Waals surface area contributed by atoms with E-state index >= 15 is 0 Å². The fraction of sp³-hybridized carbons (Fsp3) is 0.690. The Labute approximate surface area is 240 Å². The normalized spacial score (nSPS) is 27.8. The predicted octanol–water partition coefficient (Wildman–Crippen LogP) is 2.55. The van der Waals surface area contributed by atoms with E-state index in [2.05, 4.69) is 11.8 Å². The van der Waals surface area contributed by atoms with Crippen molar-refractivity contribution in [1.82, 2.24) is 0 Å². The van der Waals surface area contributed by atoms with Gasteiger partial charge in [-0.25, -0.2) is 0 Å². The summed E-state index contributed by atoms with van der Waals surface area (Å²) in [5, 5.41) is 0. The van der Waals surface area contributed by atoms with Crippen LogP contribution < -0.4 is 0 Å². The van der Waals surface area contributed by atoms with Gasteiger partial charge in [0.1, 0.15) is 12.7 Å². The quantitative estimate of drug-likeness (QED) is 0.236. The summed E-state index contributed by atoms with van der Waals surface area (Å²) < 4.78 is 39.1. The minimum absolute atomic E-state index is 0.340. The molecular weight excluding hydrogens is 540 g/mol. The van der Waals surface area contributed by atoms with Crippen LogP contribution in [0.5, 0.6) is 0 Å². The van der Waals surface area contributed by atoms with E-state index in [0.29, 0.717) is 12.8 Å². The van der Waals surface area contributed by atoms with E-state index < -0.39 is 78.2 Å². The Hall–Kier alpha value is -3.43. The molecule has 1 saturated heterocycles. The van der Waals surface area contributed by atoms with Crippen molar-refractivity contribution in [2.24, 2.45) is 5.41 Å². The molecule has 0 unspecified atom stereocenters. The van der Waals surface area contributed by atoms with Crippen molar-refractivity contribution < 1.29 is 57.1 Å².